The normalized spacial score (nSPS) is 19.0. The van der Waals surface area contributed by atoms with Crippen molar-refractivity contribution in [2.75, 3.05) is 39.9 Å². The highest BCUT2D eigenvalue weighted by Gasteiger charge is 2.26. The first-order chi connectivity index (χ1) is 12.1. The van der Waals surface area contributed by atoms with Gasteiger partial charge in [-0.1, -0.05) is 12.1 Å². The lowest BCUT2D eigenvalue weighted by Crippen LogP contribution is -2.54. The Bertz CT molecular complexity index is 641. The van der Waals surface area contributed by atoms with Crippen LogP contribution in [0, 0.1) is 0 Å². The number of carbonyl (C=O) groups is 2. The molecule has 3 rings (SSSR count). The Kier molecular flexibility index (Phi) is 5.55. The molecule has 136 valence electrons. The lowest BCUT2D eigenvalue weighted by atomic mass is 10.1. The topological polar surface area (TPSA) is 71.1 Å². The zero-order valence-electron chi connectivity index (χ0n) is 14.8. The Labute approximate surface area is 147 Å². The minimum absolute atomic E-state index is 0.320. The molecule has 1 fully saturated rings. The number of nitrogens with one attached hydrogen (secondary N) is 1. The maximum atomic E-state index is 12.0. The van der Waals surface area contributed by atoms with Gasteiger partial charge in [0.2, 0.25) is 5.91 Å². The number of alkyl carbamates (subject to hydrolysis) is 1. The van der Waals surface area contributed by atoms with Gasteiger partial charge in [-0.3, -0.25) is 19.9 Å². The molecule has 0 aliphatic carbocycles. The molecule has 0 spiro atoms. The van der Waals surface area contributed by atoms with E-state index in [1.165, 1.54) is 18.2 Å². The quantitative estimate of drug-likeness (QED) is 0.877. The summed E-state index contributed by atoms with van der Waals surface area (Å²) in [6, 6.07) is 6.08. The second kappa shape index (κ2) is 7.84. The molecule has 2 aliphatic rings. The molecule has 25 heavy (non-hydrogen) atoms. The summed E-state index contributed by atoms with van der Waals surface area (Å²) in [4.78, 5) is 27.6. The standard InChI is InChI=1S/C18H25N3O4/c1-13(17(22)19-18(23)24-2)21-8-6-20(7-9-21)12-14-3-4-16-15(11-14)5-10-25-16/h3-4,11,13H,5-10,12H2,1-2H3,(H,19,22,23)/t13-/m1/s1. The van der Waals surface area contributed by atoms with Crippen LogP contribution in [-0.2, 0) is 22.5 Å². The van der Waals surface area contributed by atoms with Gasteiger partial charge in [-0.05, 0) is 24.1 Å². The molecule has 1 atom stereocenters. The van der Waals surface area contributed by atoms with Gasteiger partial charge in [-0.15, -0.1) is 0 Å². The van der Waals surface area contributed by atoms with Crippen molar-refractivity contribution in [1.82, 2.24) is 15.1 Å². The monoisotopic (exact) mass is 347 g/mol. The van der Waals surface area contributed by atoms with Gasteiger partial charge in [-0.2, -0.15) is 0 Å². The number of benzene rings is 1. The third-order valence-electron chi connectivity index (χ3n) is 4.90. The molecule has 1 N–H and O–H groups in total. The highest BCUT2D eigenvalue weighted by atomic mass is 16.5. The first kappa shape index (κ1) is 17.7. The fourth-order valence-corrected chi connectivity index (χ4v) is 3.33. The van der Waals surface area contributed by atoms with Gasteiger partial charge in [0.1, 0.15) is 5.75 Å². The summed E-state index contributed by atoms with van der Waals surface area (Å²) in [5.41, 5.74) is 2.60. The summed E-state index contributed by atoms with van der Waals surface area (Å²) in [6.45, 7) is 6.88. The van der Waals surface area contributed by atoms with Crippen molar-refractivity contribution in [2.45, 2.75) is 25.9 Å². The van der Waals surface area contributed by atoms with E-state index in [0.29, 0.717) is 0 Å². The van der Waals surface area contributed by atoms with Crippen LogP contribution in [0.5, 0.6) is 5.75 Å². The van der Waals surface area contributed by atoms with Crippen molar-refractivity contribution in [2.24, 2.45) is 0 Å². The van der Waals surface area contributed by atoms with Crippen molar-refractivity contribution in [1.29, 1.82) is 0 Å². The largest absolute Gasteiger partial charge is 0.493 e. The maximum absolute atomic E-state index is 12.0. The van der Waals surface area contributed by atoms with E-state index in [0.717, 1.165) is 51.5 Å². The van der Waals surface area contributed by atoms with E-state index in [4.69, 9.17) is 4.74 Å². The second-order valence-electron chi connectivity index (χ2n) is 6.51. The minimum Gasteiger partial charge on any atom is -0.493 e. The molecule has 0 unspecified atom stereocenters. The summed E-state index contributed by atoms with van der Waals surface area (Å²) in [7, 11) is 1.25. The first-order valence-corrected chi connectivity index (χ1v) is 8.66. The molecular formula is C18H25N3O4. The molecular weight excluding hydrogens is 322 g/mol. The number of amides is 2. The van der Waals surface area contributed by atoms with E-state index in [2.05, 4.69) is 38.1 Å². The molecule has 2 heterocycles. The van der Waals surface area contributed by atoms with E-state index < -0.39 is 6.09 Å². The van der Waals surface area contributed by atoms with E-state index in [-0.39, 0.29) is 11.9 Å². The molecule has 2 amide bonds. The Morgan fingerprint density at radius 2 is 2.04 bits per heavy atom. The summed E-state index contributed by atoms with van der Waals surface area (Å²) in [5.74, 6) is 0.693. The zero-order valence-corrected chi connectivity index (χ0v) is 14.8. The van der Waals surface area contributed by atoms with Crippen molar-refractivity contribution < 1.29 is 19.1 Å². The minimum atomic E-state index is -0.712. The highest BCUT2D eigenvalue weighted by Crippen LogP contribution is 2.26. The lowest BCUT2D eigenvalue weighted by molar-refractivity contribution is -0.125. The Morgan fingerprint density at radius 1 is 1.28 bits per heavy atom. The number of piperazine rings is 1. The lowest BCUT2D eigenvalue weighted by Gasteiger charge is -2.37. The molecule has 7 heteroatoms. The predicted molar refractivity (Wildman–Crippen MR) is 92.5 cm³/mol. The first-order valence-electron chi connectivity index (χ1n) is 8.66. The van der Waals surface area contributed by atoms with Crippen LogP contribution in [0.15, 0.2) is 18.2 Å². The van der Waals surface area contributed by atoms with Crippen LogP contribution < -0.4 is 10.1 Å². The molecule has 7 nitrogen and oxygen atoms in total. The van der Waals surface area contributed by atoms with Gasteiger partial charge in [0.15, 0.2) is 0 Å². The Balaban J connectivity index is 1.48. The molecule has 1 aromatic rings. The fourth-order valence-electron chi connectivity index (χ4n) is 3.33. The van der Waals surface area contributed by atoms with Gasteiger partial charge in [0, 0.05) is 39.1 Å². The summed E-state index contributed by atoms with van der Waals surface area (Å²) in [5, 5.41) is 2.23. The van der Waals surface area contributed by atoms with Crippen LogP contribution in [0.2, 0.25) is 0 Å². The van der Waals surface area contributed by atoms with Crippen LogP contribution in [0.4, 0.5) is 4.79 Å². The van der Waals surface area contributed by atoms with Gasteiger partial charge in [0.05, 0.1) is 19.8 Å². The molecule has 1 saturated heterocycles. The highest BCUT2D eigenvalue weighted by molar-refractivity contribution is 5.94. The number of carbonyl (C=O) groups excluding carboxylic acids is 2. The van der Waals surface area contributed by atoms with Crippen molar-refractivity contribution >= 4 is 12.0 Å². The molecule has 0 saturated carbocycles. The number of rotatable bonds is 4. The fraction of sp³-hybridized carbons (Fsp3) is 0.556. The van der Waals surface area contributed by atoms with Crippen molar-refractivity contribution in [3.63, 3.8) is 0 Å². The average molecular weight is 347 g/mol. The smallest absolute Gasteiger partial charge is 0.413 e. The third kappa shape index (κ3) is 4.29. The van der Waals surface area contributed by atoms with E-state index in [9.17, 15) is 9.59 Å². The number of ether oxygens (including phenoxy) is 2. The SMILES string of the molecule is COC(=O)NC(=O)[C@@H](C)N1CCN(Cc2ccc3c(c2)CCO3)CC1. The molecule has 0 radical (unpaired) electrons. The summed E-state index contributed by atoms with van der Waals surface area (Å²) >= 11 is 0. The van der Waals surface area contributed by atoms with Gasteiger partial charge >= 0.3 is 6.09 Å². The molecule has 0 aromatic heterocycles. The summed E-state index contributed by atoms with van der Waals surface area (Å²) in [6.07, 6.45) is 0.278. The van der Waals surface area contributed by atoms with Gasteiger partial charge < -0.3 is 9.47 Å². The Hall–Kier alpha value is -2.12. The number of nitrogens with zero attached hydrogens (tertiary/aromatic N) is 2. The number of methoxy groups -OCH3 is 1. The zero-order chi connectivity index (χ0) is 17.8. The van der Waals surface area contributed by atoms with Gasteiger partial charge in [-0.25, -0.2) is 4.79 Å². The van der Waals surface area contributed by atoms with Crippen LogP contribution in [0.1, 0.15) is 18.1 Å². The van der Waals surface area contributed by atoms with Crippen LogP contribution in [0.3, 0.4) is 0 Å². The van der Waals surface area contributed by atoms with E-state index in [1.54, 1.807) is 0 Å². The third-order valence-corrected chi connectivity index (χ3v) is 4.90. The van der Waals surface area contributed by atoms with Crippen LogP contribution >= 0.6 is 0 Å². The number of imide groups is 1. The number of fused-ring (bicyclic) bond motifs is 1. The van der Waals surface area contributed by atoms with E-state index in [1.807, 2.05) is 6.92 Å². The van der Waals surface area contributed by atoms with Crippen LogP contribution in [-0.4, -0.2) is 67.7 Å². The van der Waals surface area contributed by atoms with Crippen LogP contribution in [0.25, 0.3) is 0 Å². The summed E-state index contributed by atoms with van der Waals surface area (Å²) < 4.78 is 10.0. The molecule has 2 aliphatic heterocycles. The maximum Gasteiger partial charge on any atom is 0.413 e. The number of hydrogen-bond acceptors (Lipinski definition) is 6. The second-order valence-corrected chi connectivity index (χ2v) is 6.51. The molecule has 1 aromatic carbocycles. The Morgan fingerprint density at radius 3 is 2.76 bits per heavy atom. The predicted octanol–water partition coefficient (Wildman–Crippen LogP) is 1.01. The van der Waals surface area contributed by atoms with Crippen molar-refractivity contribution in [3.8, 4) is 5.75 Å². The average Bonchev–Trinajstić information content (AvgIpc) is 3.09. The molecule has 0 bridgehead atoms. The van der Waals surface area contributed by atoms with Gasteiger partial charge in [0.25, 0.3) is 0 Å². The van der Waals surface area contributed by atoms with E-state index >= 15 is 0 Å². The number of hydrogen-bond donors (Lipinski definition) is 1. The van der Waals surface area contributed by atoms with Crippen molar-refractivity contribution in [3.05, 3.63) is 29.3 Å².